The first-order chi connectivity index (χ1) is 13.9. The van der Waals surface area contributed by atoms with Crippen molar-refractivity contribution in [2.45, 2.75) is 38.2 Å². The number of nitrogens with two attached hydrogens (primary N) is 1. The number of carbonyl (C=O) groups excluding carboxylic acids is 2. The third kappa shape index (κ3) is 4.07. The summed E-state index contributed by atoms with van der Waals surface area (Å²) < 4.78 is 2.02. The van der Waals surface area contributed by atoms with Crippen LogP contribution in [0.3, 0.4) is 0 Å². The van der Waals surface area contributed by atoms with Gasteiger partial charge in [0, 0.05) is 45.2 Å². The minimum atomic E-state index is -0.308. The Morgan fingerprint density at radius 2 is 1.97 bits per heavy atom. The van der Waals surface area contributed by atoms with Crippen LogP contribution in [0.15, 0.2) is 18.2 Å². The van der Waals surface area contributed by atoms with E-state index in [1.807, 2.05) is 34.7 Å². The van der Waals surface area contributed by atoms with Crippen molar-refractivity contribution < 1.29 is 14.7 Å². The van der Waals surface area contributed by atoms with Crippen LogP contribution in [-0.2, 0) is 11.8 Å². The number of imidazole rings is 1. The third-order valence-corrected chi connectivity index (χ3v) is 6.25. The minimum Gasteiger partial charge on any atom is -0.391 e. The van der Waals surface area contributed by atoms with Gasteiger partial charge in [-0.05, 0) is 49.8 Å². The van der Waals surface area contributed by atoms with Crippen LogP contribution in [0, 0.1) is 5.92 Å². The second kappa shape index (κ2) is 8.02. The van der Waals surface area contributed by atoms with Crippen LogP contribution in [0.25, 0.3) is 11.0 Å². The zero-order valence-corrected chi connectivity index (χ0v) is 16.9. The van der Waals surface area contributed by atoms with Gasteiger partial charge in [-0.25, -0.2) is 4.98 Å². The predicted octanol–water partition coefficient (Wildman–Crippen LogP) is 1.26. The average Bonchev–Trinajstić information content (AvgIpc) is 3.29. The fraction of sp³-hybridized carbons (Fsp3) is 0.571. The number of aliphatic hydroxyl groups is 1. The van der Waals surface area contributed by atoms with Crippen LogP contribution < -0.4 is 10.6 Å². The van der Waals surface area contributed by atoms with E-state index in [9.17, 15) is 14.7 Å². The second-order valence-corrected chi connectivity index (χ2v) is 8.30. The summed E-state index contributed by atoms with van der Waals surface area (Å²) in [4.78, 5) is 32.7. The molecule has 2 aromatic rings. The molecule has 1 aromatic carbocycles. The molecule has 0 bridgehead atoms. The van der Waals surface area contributed by atoms with Crippen molar-refractivity contribution in [2.24, 2.45) is 18.7 Å². The Balaban J connectivity index is 1.45. The highest BCUT2D eigenvalue weighted by molar-refractivity contribution is 5.97. The number of rotatable bonds is 5. The zero-order chi connectivity index (χ0) is 20.5. The van der Waals surface area contributed by atoms with Crippen molar-refractivity contribution in [3.8, 4) is 0 Å². The monoisotopic (exact) mass is 399 g/mol. The van der Waals surface area contributed by atoms with Gasteiger partial charge >= 0.3 is 0 Å². The van der Waals surface area contributed by atoms with Gasteiger partial charge in [0.15, 0.2) is 0 Å². The van der Waals surface area contributed by atoms with Gasteiger partial charge in [0.05, 0.1) is 17.1 Å². The molecule has 0 saturated carbocycles. The molecule has 2 fully saturated rings. The number of aromatic nitrogens is 2. The first kappa shape index (κ1) is 19.7. The largest absolute Gasteiger partial charge is 0.391 e. The van der Waals surface area contributed by atoms with Crippen molar-refractivity contribution >= 4 is 28.8 Å². The standard InChI is InChI=1S/C21H29N5O3/c1-24-18-4-3-15(12-17(18)23-21(24)26-11-8-16(27)13-26)20(29)25-9-6-14(7-10-25)2-5-19(22)28/h3-4,12,14,16,27H,2,5-11,13H2,1H3,(H2,22,28)/t16-/m0/s1. The van der Waals surface area contributed by atoms with E-state index in [0.29, 0.717) is 37.5 Å². The van der Waals surface area contributed by atoms with Gasteiger partial charge in [-0.3, -0.25) is 9.59 Å². The number of nitrogens with zero attached hydrogens (tertiary/aromatic N) is 4. The Bertz CT molecular complexity index is 916. The number of β-amino-alcohol motifs (C(OH)–C–C–N with tert-alkyl or cyclic N) is 1. The number of hydrogen-bond donors (Lipinski definition) is 2. The molecule has 3 heterocycles. The summed E-state index contributed by atoms with van der Waals surface area (Å²) in [7, 11) is 1.97. The fourth-order valence-electron chi connectivity index (χ4n) is 4.48. The van der Waals surface area contributed by atoms with E-state index in [0.717, 1.165) is 49.2 Å². The highest BCUT2D eigenvalue weighted by Gasteiger charge is 2.26. The Morgan fingerprint density at radius 3 is 2.62 bits per heavy atom. The average molecular weight is 399 g/mol. The Morgan fingerprint density at radius 1 is 1.21 bits per heavy atom. The van der Waals surface area contributed by atoms with E-state index < -0.39 is 0 Å². The van der Waals surface area contributed by atoms with E-state index in [4.69, 9.17) is 10.7 Å². The predicted molar refractivity (Wildman–Crippen MR) is 111 cm³/mol. The lowest BCUT2D eigenvalue weighted by Crippen LogP contribution is -2.38. The summed E-state index contributed by atoms with van der Waals surface area (Å²) in [5, 5.41) is 9.82. The number of carbonyl (C=O) groups is 2. The number of fused-ring (bicyclic) bond motifs is 1. The van der Waals surface area contributed by atoms with Crippen LogP contribution in [0.1, 0.15) is 42.5 Å². The Hall–Kier alpha value is -2.61. The maximum absolute atomic E-state index is 13.0. The first-order valence-corrected chi connectivity index (χ1v) is 10.4. The third-order valence-electron chi connectivity index (χ3n) is 6.25. The molecule has 2 saturated heterocycles. The summed E-state index contributed by atoms with van der Waals surface area (Å²) in [6.45, 7) is 2.79. The van der Waals surface area contributed by atoms with E-state index in [-0.39, 0.29) is 17.9 Å². The molecule has 3 N–H and O–H groups in total. The molecular weight excluding hydrogens is 370 g/mol. The SMILES string of the molecule is Cn1c(N2CC[C@H](O)C2)nc2cc(C(=O)N3CCC(CCC(N)=O)CC3)ccc21. The maximum atomic E-state index is 13.0. The molecule has 4 rings (SSSR count). The number of aryl methyl sites for hydroxylation is 1. The molecule has 0 unspecified atom stereocenters. The van der Waals surface area contributed by atoms with Gasteiger partial charge in [0.1, 0.15) is 0 Å². The number of amides is 2. The molecule has 0 spiro atoms. The van der Waals surface area contributed by atoms with Crippen LogP contribution >= 0.6 is 0 Å². The highest BCUT2D eigenvalue weighted by Crippen LogP contribution is 2.27. The summed E-state index contributed by atoms with van der Waals surface area (Å²) >= 11 is 0. The fourth-order valence-corrected chi connectivity index (χ4v) is 4.48. The molecule has 1 aromatic heterocycles. The summed E-state index contributed by atoms with van der Waals surface area (Å²) in [5.41, 5.74) is 7.66. The van der Waals surface area contributed by atoms with Crippen LogP contribution in [0.2, 0.25) is 0 Å². The smallest absolute Gasteiger partial charge is 0.253 e. The summed E-state index contributed by atoms with van der Waals surface area (Å²) in [6, 6.07) is 5.69. The number of anilines is 1. The van der Waals surface area contributed by atoms with E-state index in [2.05, 4.69) is 4.90 Å². The van der Waals surface area contributed by atoms with Crippen molar-refractivity contribution in [3.63, 3.8) is 0 Å². The van der Waals surface area contributed by atoms with Crippen LogP contribution in [0.4, 0.5) is 5.95 Å². The molecular formula is C21H29N5O3. The molecule has 8 heteroatoms. The van der Waals surface area contributed by atoms with Crippen molar-refractivity contribution in [1.29, 1.82) is 0 Å². The van der Waals surface area contributed by atoms with Gasteiger partial charge < -0.3 is 25.2 Å². The summed E-state index contributed by atoms with van der Waals surface area (Å²) in [6.07, 6.45) is 3.50. The molecule has 2 aliphatic rings. The Labute approximate surface area is 170 Å². The Kier molecular flexibility index (Phi) is 5.45. The van der Waals surface area contributed by atoms with Gasteiger partial charge in [-0.2, -0.15) is 0 Å². The van der Waals surface area contributed by atoms with Crippen LogP contribution in [-0.4, -0.2) is 63.7 Å². The normalized spacial score (nSPS) is 20.6. The lowest BCUT2D eigenvalue weighted by molar-refractivity contribution is -0.118. The maximum Gasteiger partial charge on any atom is 0.253 e. The number of piperidine rings is 1. The lowest BCUT2D eigenvalue weighted by Gasteiger charge is -2.32. The lowest BCUT2D eigenvalue weighted by atomic mass is 9.92. The molecule has 156 valence electrons. The molecule has 2 aliphatic heterocycles. The van der Waals surface area contributed by atoms with Gasteiger partial charge in [0.25, 0.3) is 5.91 Å². The van der Waals surface area contributed by atoms with Crippen LogP contribution in [0.5, 0.6) is 0 Å². The van der Waals surface area contributed by atoms with E-state index >= 15 is 0 Å². The van der Waals surface area contributed by atoms with Crippen molar-refractivity contribution in [2.75, 3.05) is 31.1 Å². The number of benzene rings is 1. The van der Waals surface area contributed by atoms with E-state index in [1.54, 1.807) is 0 Å². The van der Waals surface area contributed by atoms with Gasteiger partial charge in [-0.1, -0.05) is 0 Å². The molecule has 1 atom stereocenters. The number of aliphatic hydroxyl groups excluding tert-OH is 1. The molecule has 0 aliphatic carbocycles. The summed E-state index contributed by atoms with van der Waals surface area (Å²) in [5.74, 6) is 1.07. The van der Waals surface area contributed by atoms with Gasteiger partial charge in [-0.15, -0.1) is 0 Å². The highest BCUT2D eigenvalue weighted by atomic mass is 16.3. The van der Waals surface area contributed by atoms with Crippen molar-refractivity contribution in [3.05, 3.63) is 23.8 Å². The van der Waals surface area contributed by atoms with E-state index in [1.165, 1.54) is 0 Å². The molecule has 8 nitrogen and oxygen atoms in total. The first-order valence-electron chi connectivity index (χ1n) is 10.4. The van der Waals surface area contributed by atoms with Crippen molar-refractivity contribution in [1.82, 2.24) is 14.5 Å². The number of likely N-dealkylation sites (tertiary alicyclic amines) is 1. The number of hydrogen-bond acceptors (Lipinski definition) is 5. The minimum absolute atomic E-state index is 0.0315. The van der Waals surface area contributed by atoms with Gasteiger partial charge in [0.2, 0.25) is 11.9 Å². The molecule has 0 radical (unpaired) electrons. The topological polar surface area (TPSA) is 105 Å². The second-order valence-electron chi connectivity index (χ2n) is 8.30. The zero-order valence-electron chi connectivity index (χ0n) is 16.9. The quantitative estimate of drug-likeness (QED) is 0.788. The molecule has 2 amide bonds. The molecule has 29 heavy (non-hydrogen) atoms. The number of primary amides is 1.